The number of benzene rings is 1. The minimum Gasteiger partial charge on any atom is -0.325 e. The van der Waals surface area contributed by atoms with Crippen LogP contribution >= 0.6 is 11.6 Å². The number of rotatable bonds is 5. The van der Waals surface area contributed by atoms with Crippen LogP contribution in [-0.2, 0) is 9.59 Å². The first-order valence-corrected chi connectivity index (χ1v) is 9.63. The Bertz CT molecular complexity index is 895. The van der Waals surface area contributed by atoms with Crippen LogP contribution in [0.5, 0.6) is 0 Å². The van der Waals surface area contributed by atoms with E-state index < -0.39 is 17.7 Å². The maximum atomic E-state index is 13.3. The molecule has 29 heavy (non-hydrogen) atoms. The third-order valence-electron chi connectivity index (χ3n) is 4.92. The molecule has 2 atom stereocenters. The highest BCUT2D eigenvalue weighted by atomic mass is 35.5. The molecule has 0 bridgehead atoms. The molecule has 1 aliphatic heterocycles. The van der Waals surface area contributed by atoms with Crippen molar-refractivity contribution in [1.29, 1.82) is 0 Å². The maximum Gasteiger partial charge on any atom is 0.241 e. The fourth-order valence-electron chi connectivity index (χ4n) is 3.24. The summed E-state index contributed by atoms with van der Waals surface area (Å²) < 4.78 is 26.4. The average Bonchev–Trinajstić information content (AvgIpc) is 2.72. The Labute approximate surface area is 172 Å². The number of carbonyl (C=O) groups is 2. The van der Waals surface area contributed by atoms with Crippen molar-refractivity contribution in [3.63, 3.8) is 0 Å². The highest BCUT2D eigenvalue weighted by Crippen LogP contribution is 2.21. The summed E-state index contributed by atoms with van der Waals surface area (Å²) in [6, 6.07) is 5.93. The molecule has 1 aromatic carbocycles. The van der Waals surface area contributed by atoms with Gasteiger partial charge in [0, 0.05) is 24.5 Å². The predicted molar refractivity (Wildman–Crippen MR) is 107 cm³/mol. The normalized spacial score (nSPS) is 18.1. The highest BCUT2D eigenvalue weighted by Gasteiger charge is 2.31. The smallest absolute Gasteiger partial charge is 0.241 e. The molecule has 0 aliphatic carbocycles. The summed E-state index contributed by atoms with van der Waals surface area (Å²) >= 11 is 5.80. The molecule has 2 unspecified atom stereocenters. The van der Waals surface area contributed by atoms with E-state index in [1.807, 2.05) is 4.90 Å². The van der Waals surface area contributed by atoms with Gasteiger partial charge in [0.1, 0.15) is 5.82 Å². The van der Waals surface area contributed by atoms with Crippen LogP contribution in [0.3, 0.4) is 0 Å². The third-order valence-corrected chi connectivity index (χ3v) is 5.14. The molecule has 1 aliphatic rings. The van der Waals surface area contributed by atoms with Crippen molar-refractivity contribution in [1.82, 2.24) is 9.88 Å². The summed E-state index contributed by atoms with van der Waals surface area (Å²) in [5.41, 5.74) is 0.181. The molecule has 2 heterocycles. The van der Waals surface area contributed by atoms with Gasteiger partial charge >= 0.3 is 0 Å². The summed E-state index contributed by atoms with van der Waals surface area (Å²) in [5, 5.41) is 5.83. The molecule has 2 aromatic rings. The maximum absolute atomic E-state index is 13.3. The Morgan fingerprint density at radius 2 is 2.00 bits per heavy atom. The second-order valence-corrected chi connectivity index (χ2v) is 7.42. The zero-order chi connectivity index (χ0) is 21.0. The lowest BCUT2D eigenvalue weighted by Crippen LogP contribution is -2.49. The van der Waals surface area contributed by atoms with Crippen molar-refractivity contribution in [3.05, 3.63) is 53.2 Å². The van der Waals surface area contributed by atoms with Gasteiger partial charge in [0.05, 0.1) is 17.0 Å². The SMILES string of the molecule is CC(C(=O)Nc1ccc(F)c(F)c1)N1CCCC(C(=O)Nc2ccc(Cl)cn2)C1. The molecule has 6 nitrogen and oxygen atoms in total. The number of carbonyl (C=O) groups excluding carboxylic acids is 2. The van der Waals surface area contributed by atoms with Crippen LogP contribution in [0.15, 0.2) is 36.5 Å². The zero-order valence-electron chi connectivity index (χ0n) is 15.8. The molecule has 154 valence electrons. The number of likely N-dealkylation sites (tertiary alicyclic amines) is 1. The van der Waals surface area contributed by atoms with Gasteiger partial charge in [-0.2, -0.15) is 0 Å². The Hall–Kier alpha value is -2.58. The largest absolute Gasteiger partial charge is 0.325 e. The minimum absolute atomic E-state index is 0.169. The van der Waals surface area contributed by atoms with Crippen LogP contribution in [0.4, 0.5) is 20.3 Å². The molecule has 0 radical (unpaired) electrons. The molecule has 0 saturated carbocycles. The molecule has 3 rings (SSSR count). The number of pyridine rings is 1. The lowest BCUT2D eigenvalue weighted by atomic mass is 9.96. The van der Waals surface area contributed by atoms with Crippen molar-refractivity contribution in [2.45, 2.75) is 25.8 Å². The molecule has 1 aromatic heterocycles. The van der Waals surface area contributed by atoms with E-state index in [9.17, 15) is 18.4 Å². The molecule has 1 fully saturated rings. The second kappa shape index (κ2) is 9.28. The summed E-state index contributed by atoms with van der Waals surface area (Å²) in [7, 11) is 0. The number of aromatic nitrogens is 1. The van der Waals surface area contributed by atoms with Gasteiger partial charge in [0.15, 0.2) is 11.6 Å². The number of hydrogen-bond donors (Lipinski definition) is 2. The standard InChI is InChI=1S/C20H21ClF2N4O2/c1-12(19(28)25-15-5-6-16(22)17(23)9-15)27-8-2-3-13(11-27)20(29)26-18-7-4-14(21)10-24-18/h4-7,9-10,12-13H,2-3,8,11H2,1H3,(H,25,28)(H,24,26,29). The number of hydrogen-bond acceptors (Lipinski definition) is 4. The van der Waals surface area contributed by atoms with E-state index in [-0.39, 0.29) is 23.4 Å². The summed E-state index contributed by atoms with van der Waals surface area (Å²) in [6.07, 6.45) is 2.91. The van der Waals surface area contributed by atoms with Crippen molar-refractivity contribution >= 4 is 34.9 Å². The molecule has 2 N–H and O–H groups in total. The Morgan fingerprint density at radius 3 is 2.69 bits per heavy atom. The van der Waals surface area contributed by atoms with E-state index in [2.05, 4.69) is 15.6 Å². The zero-order valence-corrected chi connectivity index (χ0v) is 16.5. The van der Waals surface area contributed by atoms with Crippen LogP contribution in [-0.4, -0.2) is 40.8 Å². The summed E-state index contributed by atoms with van der Waals surface area (Å²) in [5.74, 6) is -2.40. The lowest BCUT2D eigenvalue weighted by molar-refractivity contribution is -0.125. The Balaban J connectivity index is 1.58. The number of amides is 2. The van der Waals surface area contributed by atoms with Gasteiger partial charge in [-0.25, -0.2) is 13.8 Å². The number of nitrogens with zero attached hydrogens (tertiary/aromatic N) is 2. The molecule has 0 spiro atoms. The van der Waals surface area contributed by atoms with Crippen LogP contribution in [0.2, 0.25) is 5.02 Å². The van der Waals surface area contributed by atoms with Crippen molar-refractivity contribution in [2.24, 2.45) is 5.92 Å². The molecule has 2 amide bonds. The van der Waals surface area contributed by atoms with Gasteiger partial charge in [0.25, 0.3) is 0 Å². The minimum atomic E-state index is -1.03. The van der Waals surface area contributed by atoms with E-state index in [1.165, 1.54) is 12.3 Å². The topological polar surface area (TPSA) is 74.3 Å². The van der Waals surface area contributed by atoms with Crippen LogP contribution in [0, 0.1) is 17.6 Å². The van der Waals surface area contributed by atoms with Crippen LogP contribution < -0.4 is 10.6 Å². The lowest BCUT2D eigenvalue weighted by Gasteiger charge is -2.35. The molecular formula is C20H21ClF2N4O2. The predicted octanol–water partition coefficient (Wildman–Crippen LogP) is 3.69. The van der Waals surface area contributed by atoms with Crippen LogP contribution in [0.25, 0.3) is 0 Å². The number of anilines is 2. The fraction of sp³-hybridized carbons (Fsp3) is 0.350. The molecular weight excluding hydrogens is 402 g/mol. The highest BCUT2D eigenvalue weighted by molar-refractivity contribution is 6.30. The quantitative estimate of drug-likeness (QED) is 0.770. The van der Waals surface area contributed by atoms with Crippen LogP contribution in [0.1, 0.15) is 19.8 Å². The summed E-state index contributed by atoms with van der Waals surface area (Å²) in [4.78, 5) is 31.0. The van der Waals surface area contributed by atoms with Crippen molar-refractivity contribution in [2.75, 3.05) is 23.7 Å². The Morgan fingerprint density at radius 1 is 1.21 bits per heavy atom. The first-order valence-electron chi connectivity index (χ1n) is 9.26. The third kappa shape index (κ3) is 5.48. The van der Waals surface area contributed by atoms with Gasteiger partial charge in [-0.05, 0) is 50.6 Å². The first kappa shape index (κ1) is 21.1. The average molecular weight is 423 g/mol. The number of piperidine rings is 1. The van der Waals surface area contributed by atoms with Gasteiger partial charge < -0.3 is 10.6 Å². The monoisotopic (exact) mass is 422 g/mol. The summed E-state index contributed by atoms with van der Waals surface area (Å²) in [6.45, 7) is 2.79. The molecule has 9 heteroatoms. The first-order chi connectivity index (χ1) is 13.8. The number of halogens is 3. The van der Waals surface area contributed by atoms with Gasteiger partial charge in [-0.3, -0.25) is 14.5 Å². The van der Waals surface area contributed by atoms with E-state index in [0.717, 1.165) is 18.6 Å². The van der Waals surface area contributed by atoms with E-state index in [1.54, 1.807) is 19.1 Å². The van der Waals surface area contributed by atoms with Crippen molar-refractivity contribution < 1.29 is 18.4 Å². The van der Waals surface area contributed by atoms with Gasteiger partial charge in [-0.15, -0.1) is 0 Å². The van der Waals surface area contributed by atoms with Crippen molar-refractivity contribution in [3.8, 4) is 0 Å². The fourth-order valence-corrected chi connectivity index (χ4v) is 3.35. The van der Waals surface area contributed by atoms with E-state index in [0.29, 0.717) is 30.4 Å². The number of nitrogens with one attached hydrogen (secondary N) is 2. The Kier molecular flexibility index (Phi) is 6.76. The van der Waals surface area contributed by atoms with E-state index >= 15 is 0 Å². The van der Waals surface area contributed by atoms with Gasteiger partial charge in [0.2, 0.25) is 11.8 Å². The van der Waals surface area contributed by atoms with Gasteiger partial charge in [-0.1, -0.05) is 11.6 Å². The molecule has 1 saturated heterocycles. The second-order valence-electron chi connectivity index (χ2n) is 6.98. The van der Waals surface area contributed by atoms with E-state index in [4.69, 9.17) is 11.6 Å².